The van der Waals surface area contributed by atoms with E-state index < -0.39 is 0 Å². The van der Waals surface area contributed by atoms with Crippen molar-refractivity contribution in [2.24, 2.45) is 0 Å². The van der Waals surface area contributed by atoms with Crippen LogP contribution in [0.3, 0.4) is 0 Å². The summed E-state index contributed by atoms with van der Waals surface area (Å²) in [6.07, 6.45) is 9.31. The lowest BCUT2D eigenvalue weighted by atomic mass is 10.1. The number of piperidine rings is 1. The number of rotatable bonds is 8. The molecule has 2 nitrogen and oxygen atoms in total. The fraction of sp³-hybridized carbons (Fsp3) is 0.579. The fourth-order valence-corrected chi connectivity index (χ4v) is 4.53. The quantitative estimate of drug-likeness (QED) is 0.501. The second kappa shape index (κ2) is 9.05. The monoisotopic (exact) mass is 395 g/mol. The number of unbranched alkanes of at least 4 members (excludes halogenated alkanes) is 3. The standard InChI is InChI=1S/C19H26BrNOS/c20-17-8-9-18-16(10-15-23-18)19(17)22-14-7-2-1-4-11-21-12-5-3-6-13-21/h8-10,15H,1-7,11-14H2. The van der Waals surface area contributed by atoms with Gasteiger partial charge in [-0.25, -0.2) is 0 Å². The first-order valence-corrected chi connectivity index (χ1v) is 10.5. The molecule has 0 atom stereocenters. The molecule has 0 aliphatic carbocycles. The number of nitrogens with zero attached hydrogens (tertiary/aromatic N) is 1. The number of fused-ring (bicyclic) bond motifs is 1. The van der Waals surface area contributed by atoms with E-state index in [-0.39, 0.29) is 0 Å². The Labute approximate surface area is 152 Å². The van der Waals surface area contributed by atoms with Crippen molar-refractivity contribution in [1.29, 1.82) is 0 Å². The highest BCUT2D eigenvalue weighted by Crippen LogP contribution is 2.36. The average Bonchev–Trinajstić information content (AvgIpc) is 3.05. The van der Waals surface area contributed by atoms with E-state index in [1.807, 2.05) is 0 Å². The second-order valence-corrected chi connectivity index (χ2v) is 8.18. The van der Waals surface area contributed by atoms with Gasteiger partial charge in [0.1, 0.15) is 5.75 Å². The molecule has 0 unspecified atom stereocenters. The number of hydrogen-bond donors (Lipinski definition) is 0. The number of likely N-dealkylation sites (tertiary alicyclic amines) is 1. The molecule has 2 heterocycles. The lowest BCUT2D eigenvalue weighted by Crippen LogP contribution is -2.30. The van der Waals surface area contributed by atoms with Crippen LogP contribution in [0, 0.1) is 0 Å². The van der Waals surface area contributed by atoms with Gasteiger partial charge in [-0.1, -0.05) is 19.3 Å². The van der Waals surface area contributed by atoms with Crippen molar-refractivity contribution in [3.05, 3.63) is 28.1 Å². The van der Waals surface area contributed by atoms with Gasteiger partial charge in [-0.3, -0.25) is 0 Å². The lowest BCUT2D eigenvalue weighted by molar-refractivity contribution is 0.223. The molecule has 2 aromatic rings. The summed E-state index contributed by atoms with van der Waals surface area (Å²) in [5, 5.41) is 3.36. The molecule has 1 fully saturated rings. The van der Waals surface area contributed by atoms with Crippen molar-refractivity contribution in [2.45, 2.75) is 44.9 Å². The summed E-state index contributed by atoms with van der Waals surface area (Å²) >= 11 is 5.38. The second-order valence-electron chi connectivity index (χ2n) is 6.37. The minimum atomic E-state index is 0.817. The van der Waals surface area contributed by atoms with Gasteiger partial charge < -0.3 is 9.64 Å². The van der Waals surface area contributed by atoms with Crippen molar-refractivity contribution < 1.29 is 4.74 Å². The maximum Gasteiger partial charge on any atom is 0.142 e. The van der Waals surface area contributed by atoms with Crippen molar-refractivity contribution in [2.75, 3.05) is 26.2 Å². The van der Waals surface area contributed by atoms with Crippen LogP contribution in [0.25, 0.3) is 10.1 Å². The molecule has 126 valence electrons. The molecule has 0 spiro atoms. The molecule has 1 saturated heterocycles. The number of thiophene rings is 1. The van der Waals surface area contributed by atoms with Crippen LogP contribution in [-0.2, 0) is 0 Å². The molecular formula is C19H26BrNOS. The van der Waals surface area contributed by atoms with E-state index in [1.165, 1.54) is 68.2 Å². The maximum atomic E-state index is 6.05. The third kappa shape index (κ3) is 4.94. The first-order chi connectivity index (χ1) is 11.3. The summed E-state index contributed by atoms with van der Waals surface area (Å²) in [7, 11) is 0. The SMILES string of the molecule is Brc1ccc2sccc2c1OCCCCCCN1CCCCC1. The van der Waals surface area contributed by atoms with Gasteiger partial charge in [0.25, 0.3) is 0 Å². The van der Waals surface area contributed by atoms with Gasteiger partial charge in [0.2, 0.25) is 0 Å². The maximum absolute atomic E-state index is 6.05. The molecule has 0 amide bonds. The first kappa shape index (κ1) is 17.2. The zero-order valence-corrected chi connectivity index (χ0v) is 16.1. The van der Waals surface area contributed by atoms with Crippen molar-refractivity contribution in [3.63, 3.8) is 0 Å². The Morgan fingerprint density at radius 3 is 2.70 bits per heavy atom. The number of halogens is 1. The molecule has 0 saturated carbocycles. The van der Waals surface area contributed by atoms with Gasteiger partial charge in [-0.2, -0.15) is 0 Å². The van der Waals surface area contributed by atoms with E-state index in [1.54, 1.807) is 11.3 Å². The average molecular weight is 396 g/mol. The molecule has 1 aromatic heterocycles. The Morgan fingerprint density at radius 2 is 1.83 bits per heavy atom. The number of hydrogen-bond acceptors (Lipinski definition) is 3. The molecule has 1 aliphatic rings. The molecule has 0 bridgehead atoms. The third-order valence-corrected chi connectivity index (χ3v) is 6.11. The summed E-state index contributed by atoms with van der Waals surface area (Å²) in [4.78, 5) is 2.63. The molecule has 1 aromatic carbocycles. The molecular weight excluding hydrogens is 370 g/mol. The van der Waals surface area contributed by atoms with Gasteiger partial charge in [0.05, 0.1) is 11.1 Å². The van der Waals surface area contributed by atoms with Crippen LogP contribution in [0.15, 0.2) is 28.1 Å². The Kier molecular flexibility index (Phi) is 6.79. The van der Waals surface area contributed by atoms with Crippen LogP contribution in [-0.4, -0.2) is 31.1 Å². The van der Waals surface area contributed by atoms with Gasteiger partial charge >= 0.3 is 0 Å². The van der Waals surface area contributed by atoms with E-state index in [4.69, 9.17) is 4.74 Å². The topological polar surface area (TPSA) is 12.5 Å². The molecule has 3 rings (SSSR count). The highest BCUT2D eigenvalue weighted by molar-refractivity contribution is 9.10. The van der Waals surface area contributed by atoms with E-state index in [0.29, 0.717) is 0 Å². The van der Waals surface area contributed by atoms with E-state index in [0.717, 1.165) is 23.2 Å². The van der Waals surface area contributed by atoms with Crippen LogP contribution < -0.4 is 4.74 Å². The lowest BCUT2D eigenvalue weighted by Gasteiger charge is -2.26. The molecule has 4 heteroatoms. The van der Waals surface area contributed by atoms with Crippen LogP contribution in [0.2, 0.25) is 0 Å². The molecule has 1 aliphatic heterocycles. The van der Waals surface area contributed by atoms with Gasteiger partial charge in [0, 0.05) is 10.1 Å². The van der Waals surface area contributed by atoms with Gasteiger partial charge in [-0.05, 0) is 84.8 Å². The first-order valence-electron chi connectivity index (χ1n) is 8.85. The Hall–Kier alpha value is -0.580. The van der Waals surface area contributed by atoms with Gasteiger partial charge in [-0.15, -0.1) is 11.3 Å². The van der Waals surface area contributed by atoms with Crippen molar-refractivity contribution >= 4 is 37.4 Å². The summed E-state index contributed by atoms with van der Waals surface area (Å²) in [6.45, 7) is 4.75. The third-order valence-electron chi connectivity index (χ3n) is 4.60. The predicted molar refractivity (Wildman–Crippen MR) is 104 cm³/mol. The zero-order valence-electron chi connectivity index (χ0n) is 13.7. The number of ether oxygens (including phenoxy) is 1. The summed E-state index contributed by atoms with van der Waals surface area (Å²) in [5.41, 5.74) is 0. The highest BCUT2D eigenvalue weighted by atomic mass is 79.9. The van der Waals surface area contributed by atoms with Crippen molar-refractivity contribution in [3.8, 4) is 5.75 Å². The Morgan fingerprint density at radius 1 is 1.00 bits per heavy atom. The molecule has 0 N–H and O–H groups in total. The van der Waals surface area contributed by atoms with Crippen LogP contribution in [0.4, 0.5) is 0 Å². The normalized spacial score (nSPS) is 16.0. The van der Waals surface area contributed by atoms with Crippen LogP contribution in [0.1, 0.15) is 44.9 Å². The minimum Gasteiger partial charge on any atom is -0.492 e. The largest absolute Gasteiger partial charge is 0.492 e. The summed E-state index contributed by atoms with van der Waals surface area (Å²) < 4.78 is 8.41. The van der Waals surface area contributed by atoms with Crippen LogP contribution in [0.5, 0.6) is 5.75 Å². The Balaban J connectivity index is 1.33. The van der Waals surface area contributed by atoms with Crippen LogP contribution >= 0.6 is 27.3 Å². The molecule has 0 radical (unpaired) electrons. The van der Waals surface area contributed by atoms with Crippen molar-refractivity contribution in [1.82, 2.24) is 4.90 Å². The smallest absolute Gasteiger partial charge is 0.142 e. The zero-order chi connectivity index (χ0) is 15.9. The summed E-state index contributed by atoms with van der Waals surface area (Å²) in [6, 6.07) is 6.39. The Bertz CT molecular complexity index is 606. The fourth-order valence-electron chi connectivity index (χ4n) is 3.29. The summed E-state index contributed by atoms with van der Waals surface area (Å²) in [5.74, 6) is 1.01. The van der Waals surface area contributed by atoms with E-state index in [9.17, 15) is 0 Å². The molecule has 23 heavy (non-hydrogen) atoms. The number of benzene rings is 1. The minimum absolute atomic E-state index is 0.817. The van der Waals surface area contributed by atoms with E-state index in [2.05, 4.69) is 44.4 Å². The highest BCUT2D eigenvalue weighted by Gasteiger charge is 2.09. The predicted octanol–water partition coefficient (Wildman–Crippen LogP) is 6.09. The van der Waals surface area contributed by atoms with Gasteiger partial charge in [0.15, 0.2) is 0 Å². The van der Waals surface area contributed by atoms with E-state index >= 15 is 0 Å².